The summed E-state index contributed by atoms with van der Waals surface area (Å²) in [6, 6.07) is 4.76. The number of aromatic nitrogens is 2. The van der Waals surface area contributed by atoms with Crippen molar-refractivity contribution >= 4 is 17.4 Å². The average molecular weight is 459 g/mol. The molecule has 2 heterocycles. The number of nitrogens with zero attached hydrogens (tertiary/aromatic N) is 3. The van der Waals surface area contributed by atoms with Gasteiger partial charge in [0.25, 0.3) is 5.56 Å². The molecule has 0 spiro atoms. The van der Waals surface area contributed by atoms with Gasteiger partial charge in [0.2, 0.25) is 5.91 Å². The highest BCUT2D eigenvalue weighted by atomic mass is 19.4. The molecule has 1 aliphatic heterocycles. The van der Waals surface area contributed by atoms with Gasteiger partial charge in [0.1, 0.15) is 18.3 Å². The lowest BCUT2D eigenvalue weighted by Gasteiger charge is -2.22. The molecule has 33 heavy (non-hydrogen) atoms. The van der Waals surface area contributed by atoms with Crippen molar-refractivity contribution in [3.8, 4) is 11.4 Å². The van der Waals surface area contributed by atoms with Gasteiger partial charge in [0.15, 0.2) is 0 Å². The number of hydrogen-bond acceptors (Lipinski definition) is 5. The summed E-state index contributed by atoms with van der Waals surface area (Å²) < 4.78 is 41.2. The van der Waals surface area contributed by atoms with Gasteiger partial charge < -0.3 is 15.2 Å². The zero-order chi connectivity index (χ0) is 23.8. The third-order valence-corrected chi connectivity index (χ3v) is 5.48. The van der Waals surface area contributed by atoms with Crippen LogP contribution in [0.1, 0.15) is 37.8 Å². The highest BCUT2D eigenvalue weighted by molar-refractivity contribution is 5.99. The highest BCUT2D eigenvalue weighted by Crippen LogP contribution is 2.37. The molecule has 0 radical (unpaired) electrons. The van der Waals surface area contributed by atoms with E-state index in [1.807, 2.05) is 6.08 Å². The van der Waals surface area contributed by atoms with Crippen LogP contribution in [0.25, 0.3) is 11.4 Å². The molecule has 1 amide bonds. The number of rotatable bonds is 6. The second kappa shape index (κ2) is 8.84. The van der Waals surface area contributed by atoms with Gasteiger partial charge in [-0.05, 0) is 36.6 Å². The van der Waals surface area contributed by atoms with Gasteiger partial charge in [-0.1, -0.05) is 19.9 Å². The molecule has 0 atom stereocenters. The number of halogens is 3. The molecule has 174 valence electrons. The number of benzene rings is 1. The largest absolute Gasteiger partial charge is 0.417 e. The fourth-order valence-corrected chi connectivity index (χ4v) is 3.47. The van der Waals surface area contributed by atoms with Gasteiger partial charge in [-0.15, -0.1) is 0 Å². The quantitative estimate of drug-likeness (QED) is 0.686. The molecule has 0 saturated heterocycles. The Kier molecular flexibility index (Phi) is 6.09. The van der Waals surface area contributed by atoms with E-state index in [0.717, 1.165) is 24.6 Å². The Bertz CT molecular complexity index is 1180. The summed E-state index contributed by atoms with van der Waals surface area (Å²) >= 11 is 0. The van der Waals surface area contributed by atoms with Gasteiger partial charge in [0, 0.05) is 41.9 Å². The zero-order valence-corrected chi connectivity index (χ0v) is 18.2. The van der Waals surface area contributed by atoms with E-state index < -0.39 is 17.3 Å². The second-order valence-corrected chi connectivity index (χ2v) is 8.49. The van der Waals surface area contributed by atoms with E-state index >= 15 is 0 Å². The maximum atomic E-state index is 13.7. The Morgan fingerprint density at radius 3 is 2.64 bits per heavy atom. The van der Waals surface area contributed by atoms with Crippen LogP contribution in [0.5, 0.6) is 0 Å². The fraction of sp³-hybridized carbons (Fsp3) is 0.391. The summed E-state index contributed by atoms with van der Waals surface area (Å²) in [6.07, 6.45) is 1.14. The van der Waals surface area contributed by atoms with Gasteiger partial charge in [-0.3, -0.25) is 14.6 Å². The maximum absolute atomic E-state index is 13.7. The Morgan fingerprint density at radius 1 is 1.27 bits per heavy atom. The Labute approximate surface area is 188 Å². The van der Waals surface area contributed by atoms with E-state index in [4.69, 9.17) is 0 Å². The number of carbonyl (C=O) groups excluding carboxylic acids is 1. The molecule has 10 heteroatoms. The lowest BCUT2D eigenvalue weighted by Crippen LogP contribution is -2.27. The first-order valence-corrected chi connectivity index (χ1v) is 10.7. The zero-order valence-electron chi connectivity index (χ0n) is 18.2. The Hall–Kier alpha value is -3.43. The van der Waals surface area contributed by atoms with Crippen molar-refractivity contribution in [2.45, 2.75) is 39.4 Å². The standard InChI is InChI=1S/C23H24F3N5O2/c1-13(2)22(33)27-11-14-3-6-17(23(24,25)26)16(9-14)21-29-19(10-20(32)30-21)31-8-7-18(28-12-31)15-4-5-15/h3,6-10,13,15H,4-5,11-12H2,1-2H3,(H,27,33)(H,29,30,32). The van der Waals surface area contributed by atoms with Crippen molar-refractivity contribution in [2.75, 3.05) is 11.6 Å². The van der Waals surface area contributed by atoms with E-state index in [1.165, 1.54) is 18.2 Å². The van der Waals surface area contributed by atoms with Crippen LogP contribution in [0.3, 0.4) is 0 Å². The molecule has 1 saturated carbocycles. The monoisotopic (exact) mass is 459 g/mol. The van der Waals surface area contributed by atoms with Crippen molar-refractivity contribution in [1.82, 2.24) is 15.3 Å². The van der Waals surface area contributed by atoms with Crippen molar-refractivity contribution in [3.05, 3.63) is 58.0 Å². The summed E-state index contributed by atoms with van der Waals surface area (Å²) in [5, 5.41) is 2.68. The highest BCUT2D eigenvalue weighted by Gasteiger charge is 2.34. The lowest BCUT2D eigenvalue weighted by molar-refractivity contribution is -0.137. The van der Waals surface area contributed by atoms with Gasteiger partial charge >= 0.3 is 6.18 Å². The predicted molar refractivity (Wildman–Crippen MR) is 119 cm³/mol. The number of hydrogen-bond donors (Lipinski definition) is 2. The van der Waals surface area contributed by atoms with Crippen molar-refractivity contribution in [3.63, 3.8) is 0 Å². The number of amides is 1. The molecule has 2 aliphatic rings. The van der Waals surface area contributed by atoms with E-state index in [0.29, 0.717) is 11.5 Å². The van der Waals surface area contributed by atoms with Gasteiger partial charge in [0.05, 0.1) is 5.56 Å². The molecule has 7 nitrogen and oxygen atoms in total. The second-order valence-electron chi connectivity index (χ2n) is 8.49. The third-order valence-electron chi connectivity index (χ3n) is 5.48. The molecule has 1 aromatic carbocycles. The van der Waals surface area contributed by atoms with Crippen LogP contribution < -0.4 is 15.8 Å². The van der Waals surface area contributed by atoms with Crippen LogP contribution in [0, 0.1) is 11.8 Å². The number of anilines is 1. The molecule has 0 bridgehead atoms. The van der Waals surface area contributed by atoms with E-state index in [1.54, 1.807) is 24.9 Å². The van der Waals surface area contributed by atoms with Crippen molar-refractivity contribution in [2.24, 2.45) is 16.8 Å². The summed E-state index contributed by atoms with van der Waals surface area (Å²) in [5.74, 6) is 0.00382. The topological polar surface area (TPSA) is 90.4 Å². The Balaban J connectivity index is 1.68. The predicted octanol–water partition coefficient (Wildman–Crippen LogP) is 3.87. The van der Waals surface area contributed by atoms with Crippen LogP contribution >= 0.6 is 0 Å². The van der Waals surface area contributed by atoms with Crippen molar-refractivity contribution < 1.29 is 18.0 Å². The molecule has 1 aromatic heterocycles. The van der Waals surface area contributed by atoms with Crippen LogP contribution in [0.2, 0.25) is 0 Å². The number of carbonyl (C=O) groups is 1. The first-order valence-electron chi connectivity index (χ1n) is 10.7. The number of nitrogens with one attached hydrogen (secondary N) is 2. The fourth-order valence-electron chi connectivity index (χ4n) is 3.47. The lowest BCUT2D eigenvalue weighted by atomic mass is 10.0. The average Bonchev–Trinajstić information content (AvgIpc) is 3.61. The first-order chi connectivity index (χ1) is 15.6. The van der Waals surface area contributed by atoms with Crippen LogP contribution in [-0.2, 0) is 17.5 Å². The normalized spacial score (nSPS) is 16.2. The number of H-pyrrole nitrogens is 1. The van der Waals surface area contributed by atoms with Crippen LogP contribution in [-0.4, -0.2) is 28.3 Å². The van der Waals surface area contributed by atoms with Gasteiger partial charge in [-0.2, -0.15) is 13.2 Å². The number of alkyl halides is 3. The molecule has 1 aliphatic carbocycles. The smallest absolute Gasteiger partial charge is 0.352 e. The first kappa shape index (κ1) is 22.8. The molecule has 0 unspecified atom stereocenters. The SMILES string of the molecule is CC(C)C(=O)NCc1ccc(C(F)(F)F)c(-c2nc(N3C=CC(C4CC4)=NC3)cc(=O)[nH]2)c1. The van der Waals surface area contributed by atoms with Crippen molar-refractivity contribution in [1.29, 1.82) is 0 Å². The van der Waals surface area contributed by atoms with E-state index in [-0.39, 0.29) is 42.2 Å². The number of allylic oxidation sites excluding steroid dienone is 1. The third kappa shape index (κ3) is 5.32. The molecular weight excluding hydrogens is 435 g/mol. The molecular formula is C23H24F3N5O2. The summed E-state index contributed by atoms with van der Waals surface area (Å²) in [6.45, 7) is 3.74. The summed E-state index contributed by atoms with van der Waals surface area (Å²) in [5.41, 5.74) is -0.318. The molecule has 1 fully saturated rings. The summed E-state index contributed by atoms with van der Waals surface area (Å²) in [4.78, 5) is 37.0. The molecule has 4 rings (SSSR count). The van der Waals surface area contributed by atoms with E-state index in [2.05, 4.69) is 20.3 Å². The molecule has 2 aromatic rings. The minimum absolute atomic E-state index is 0.0552. The molecule has 2 N–H and O–H groups in total. The maximum Gasteiger partial charge on any atom is 0.417 e. The summed E-state index contributed by atoms with van der Waals surface area (Å²) in [7, 11) is 0. The number of aromatic amines is 1. The van der Waals surface area contributed by atoms with Gasteiger partial charge in [-0.25, -0.2) is 4.98 Å². The minimum atomic E-state index is -4.65. The van der Waals surface area contributed by atoms with Crippen LogP contribution in [0.4, 0.5) is 19.0 Å². The minimum Gasteiger partial charge on any atom is -0.352 e. The Morgan fingerprint density at radius 2 is 2.03 bits per heavy atom. The van der Waals surface area contributed by atoms with E-state index in [9.17, 15) is 22.8 Å². The van der Waals surface area contributed by atoms with Crippen LogP contribution in [0.15, 0.2) is 46.3 Å². The number of aliphatic imine (C=N–C) groups is 1.